The normalized spacial score (nSPS) is 10.7. The summed E-state index contributed by atoms with van der Waals surface area (Å²) in [4.78, 5) is 12.5. The molecule has 0 unspecified atom stereocenters. The molecule has 0 saturated heterocycles. The lowest BCUT2D eigenvalue weighted by Gasteiger charge is -2.11. The lowest BCUT2D eigenvalue weighted by molar-refractivity contribution is 0.0992. The van der Waals surface area contributed by atoms with Crippen LogP contribution in [0.5, 0.6) is 0 Å². The number of Topliss-reactive ketones (excluding diaryl/α,β-unsaturated/α-hetero) is 1. The van der Waals surface area contributed by atoms with Gasteiger partial charge in [-0.25, -0.2) is 0 Å². The number of benzene rings is 2. The minimum absolute atomic E-state index is 0.138. The van der Waals surface area contributed by atoms with Crippen molar-refractivity contribution in [1.82, 2.24) is 0 Å². The monoisotopic (exact) mass is 394 g/mol. The zero-order chi connectivity index (χ0) is 14.9. The zero-order valence-electron chi connectivity index (χ0n) is 11.8. The van der Waals surface area contributed by atoms with Crippen LogP contribution in [0.4, 0.5) is 0 Å². The molecule has 2 aromatic carbocycles. The van der Waals surface area contributed by atoms with E-state index in [-0.39, 0.29) is 5.78 Å². The van der Waals surface area contributed by atoms with Gasteiger partial charge >= 0.3 is 0 Å². The van der Waals surface area contributed by atoms with Crippen molar-refractivity contribution in [2.24, 2.45) is 0 Å². The fraction of sp³-hybridized carbons (Fsp3) is 0.235. The summed E-state index contributed by atoms with van der Waals surface area (Å²) >= 11 is 6.86. The molecule has 0 N–H and O–H groups in total. The maximum atomic E-state index is 12.5. The Morgan fingerprint density at radius 2 is 1.60 bits per heavy atom. The lowest BCUT2D eigenvalue weighted by Crippen LogP contribution is -2.07. The SMILES string of the molecule is Cc1cc(C)c(CC(=O)c2ccc(Br)cc2Br)c(C)c1. The summed E-state index contributed by atoms with van der Waals surface area (Å²) < 4.78 is 1.79. The molecule has 3 heteroatoms. The van der Waals surface area contributed by atoms with Crippen LogP contribution in [0, 0.1) is 20.8 Å². The number of aryl methyl sites for hydroxylation is 3. The first-order valence-electron chi connectivity index (χ1n) is 6.43. The number of rotatable bonds is 3. The third-order valence-corrected chi connectivity index (χ3v) is 4.56. The van der Waals surface area contributed by atoms with Gasteiger partial charge in [0.2, 0.25) is 0 Å². The van der Waals surface area contributed by atoms with Gasteiger partial charge < -0.3 is 0 Å². The average molecular weight is 396 g/mol. The molecule has 1 nitrogen and oxygen atoms in total. The Bertz CT molecular complexity index is 652. The third-order valence-electron chi connectivity index (χ3n) is 3.41. The number of hydrogen-bond donors (Lipinski definition) is 0. The van der Waals surface area contributed by atoms with Crippen LogP contribution in [0.25, 0.3) is 0 Å². The zero-order valence-corrected chi connectivity index (χ0v) is 14.9. The Hall–Kier alpha value is -0.930. The second-order valence-electron chi connectivity index (χ2n) is 5.10. The summed E-state index contributed by atoms with van der Waals surface area (Å²) in [5.74, 6) is 0.138. The van der Waals surface area contributed by atoms with Gasteiger partial charge in [-0.2, -0.15) is 0 Å². The van der Waals surface area contributed by atoms with Gasteiger partial charge in [-0.15, -0.1) is 0 Å². The van der Waals surface area contributed by atoms with Crippen molar-refractivity contribution in [3.8, 4) is 0 Å². The molecule has 104 valence electrons. The highest BCUT2D eigenvalue weighted by molar-refractivity contribution is 9.11. The van der Waals surface area contributed by atoms with E-state index in [0.717, 1.165) is 20.1 Å². The molecule has 20 heavy (non-hydrogen) atoms. The van der Waals surface area contributed by atoms with E-state index >= 15 is 0 Å². The highest BCUT2D eigenvalue weighted by Gasteiger charge is 2.14. The van der Waals surface area contributed by atoms with E-state index in [0.29, 0.717) is 6.42 Å². The molecule has 2 aromatic rings. The van der Waals surface area contributed by atoms with Crippen molar-refractivity contribution >= 4 is 37.6 Å². The van der Waals surface area contributed by atoms with Gasteiger partial charge in [-0.3, -0.25) is 4.79 Å². The highest BCUT2D eigenvalue weighted by Crippen LogP contribution is 2.25. The van der Waals surface area contributed by atoms with Crippen molar-refractivity contribution in [3.05, 3.63) is 67.1 Å². The first-order valence-corrected chi connectivity index (χ1v) is 8.02. The first kappa shape index (κ1) is 15.5. The van der Waals surface area contributed by atoms with Crippen molar-refractivity contribution < 1.29 is 4.79 Å². The van der Waals surface area contributed by atoms with Gasteiger partial charge in [0.15, 0.2) is 5.78 Å². The van der Waals surface area contributed by atoms with Crippen molar-refractivity contribution in [1.29, 1.82) is 0 Å². The molecule has 2 rings (SSSR count). The number of hydrogen-bond acceptors (Lipinski definition) is 1. The van der Waals surface area contributed by atoms with E-state index in [1.54, 1.807) is 0 Å². The molecule has 0 atom stereocenters. The largest absolute Gasteiger partial charge is 0.294 e. The predicted octanol–water partition coefficient (Wildman–Crippen LogP) is 5.56. The summed E-state index contributed by atoms with van der Waals surface area (Å²) in [7, 11) is 0. The second kappa shape index (κ2) is 6.23. The van der Waals surface area contributed by atoms with Crippen molar-refractivity contribution in [3.63, 3.8) is 0 Å². The van der Waals surface area contributed by atoms with Gasteiger partial charge in [0.1, 0.15) is 0 Å². The molecule has 0 spiro atoms. The van der Waals surface area contributed by atoms with Crippen LogP contribution < -0.4 is 0 Å². The molecule has 0 amide bonds. The Labute approximate surface area is 136 Å². The van der Waals surface area contributed by atoms with Gasteiger partial charge in [-0.05, 0) is 55.7 Å². The van der Waals surface area contributed by atoms with E-state index < -0.39 is 0 Å². The quantitative estimate of drug-likeness (QED) is 0.621. The van der Waals surface area contributed by atoms with Gasteiger partial charge in [0.25, 0.3) is 0 Å². The topological polar surface area (TPSA) is 17.1 Å². The molecule has 0 fully saturated rings. The maximum absolute atomic E-state index is 12.5. The van der Waals surface area contributed by atoms with Crippen LogP contribution in [0.3, 0.4) is 0 Å². The summed E-state index contributed by atoms with van der Waals surface area (Å²) in [5.41, 5.74) is 5.47. The molecule has 0 saturated carbocycles. The average Bonchev–Trinajstić information content (AvgIpc) is 2.33. The van der Waals surface area contributed by atoms with Crippen LogP contribution in [-0.4, -0.2) is 5.78 Å². The molecule has 0 aromatic heterocycles. The minimum atomic E-state index is 0.138. The fourth-order valence-electron chi connectivity index (χ4n) is 2.46. The molecular weight excluding hydrogens is 380 g/mol. The second-order valence-corrected chi connectivity index (χ2v) is 6.87. The van der Waals surface area contributed by atoms with Gasteiger partial charge in [-0.1, -0.05) is 49.6 Å². The summed E-state index contributed by atoms with van der Waals surface area (Å²) in [6.45, 7) is 6.22. The molecule has 0 radical (unpaired) electrons. The van der Waals surface area contributed by atoms with E-state index in [2.05, 4.69) is 64.8 Å². The van der Waals surface area contributed by atoms with Crippen LogP contribution in [0.2, 0.25) is 0 Å². The maximum Gasteiger partial charge on any atom is 0.168 e. The highest BCUT2D eigenvalue weighted by atomic mass is 79.9. The molecule has 0 heterocycles. The fourth-order valence-corrected chi connectivity index (χ4v) is 3.73. The molecular formula is C17H16Br2O. The summed E-state index contributed by atoms with van der Waals surface area (Å²) in [6, 6.07) is 9.92. The Morgan fingerprint density at radius 1 is 1.00 bits per heavy atom. The molecule has 0 aliphatic heterocycles. The van der Waals surface area contributed by atoms with E-state index in [9.17, 15) is 4.79 Å². The Morgan fingerprint density at radius 3 is 2.15 bits per heavy atom. The molecule has 0 bridgehead atoms. The van der Waals surface area contributed by atoms with Gasteiger partial charge in [0, 0.05) is 20.9 Å². The Balaban J connectivity index is 2.33. The van der Waals surface area contributed by atoms with Gasteiger partial charge in [0.05, 0.1) is 0 Å². The number of ketones is 1. The number of halogens is 2. The van der Waals surface area contributed by atoms with Crippen LogP contribution in [0.15, 0.2) is 39.3 Å². The molecule has 0 aliphatic rings. The summed E-state index contributed by atoms with van der Waals surface area (Å²) in [5, 5.41) is 0. The Kier molecular flexibility index (Phi) is 4.82. The van der Waals surface area contributed by atoms with E-state index in [1.165, 1.54) is 16.7 Å². The minimum Gasteiger partial charge on any atom is -0.294 e. The number of carbonyl (C=O) groups is 1. The standard InChI is InChI=1S/C17H16Br2O/c1-10-6-11(2)15(12(3)7-10)9-17(20)14-5-4-13(18)8-16(14)19/h4-8H,9H2,1-3H3. The van der Waals surface area contributed by atoms with Crippen LogP contribution >= 0.6 is 31.9 Å². The van der Waals surface area contributed by atoms with Crippen LogP contribution in [0.1, 0.15) is 32.6 Å². The lowest BCUT2D eigenvalue weighted by atomic mass is 9.94. The van der Waals surface area contributed by atoms with E-state index in [4.69, 9.17) is 0 Å². The van der Waals surface area contributed by atoms with Crippen LogP contribution in [-0.2, 0) is 6.42 Å². The number of carbonyl (C=O) groups excluding carboxylic acids is 1. The van der Waals surface area contributed by atoms with Crippen molar-refractivity contribution in [2.45, 2.75) is 27.2 Å². The molecule has 0 aliphatic carbocycles. The van der Waals surface area contributed by atoms with E-state index in [1.807, 2.05) is 18.2 Å². The smallest absolute Gasteiger partial charge is 0.168 e. The first-order chi connectivity index (χ1) is 9.38. The predicted molar refractivity (Wildman–Crippen MR) is 90.5 cm³/mol. The summed E-state index contributed by atoms with van der Waals surface area (Å²) in [6.07, 6.45) is 0.443. The third kappa shape index (κ3) is 3.39. The van der Waals surface area contributed by atoms with Crippen molar-refractivity contribution in [2.75, 3.05) is 0 Å².